The molecule has 0 spiro atoms. The van der Waals surface area contributed by atoms with Crippen molar-refractivity contribution in [3.63, 3.8) is 0 Å². The summed E-state index contributed by atoms with van der Waals surface area (Å²) in [6.45, 7) is -0.0916. The molecule has 0 saturated heterocycles. The van der Waals surface area contributed by atoms with Crippen molar-refractivity contribution in [2.24, 2.45) is 0 Å². The zero-order chi connectivity index (χ0) is 13.1. The normalized spacial score (nSPS) is 10.3. The van der Waals surface area contributed by atoms with Crippen LogP contribution < -0.4 is 4.74 Å². The predicted molar refractivity (Wildman–Crippen MR) is 62.0 cm³/mol. The molecule has 1 aromatic carbocycles. The molecule has 0 radical (unpaired) electrons. The van der Waals surface area contributed by atoms with Gasteiger partial charge in [-0.1, -0.05) is 0 Å². The van der Waals surface area contributed by atoms with Crippen LogP contribution in [-0.2, 0) is 6.61 Å². The smallest absolute Gasteiger partial charge is 0.349 e. The Kier molecular flexibility index (Phi) is 3.57. The third-order valence-electron chi connectivity index (χ3n) is 2.14. The van der Waals surface area contributed by atoms with Crippen molar-refractivity contribution in [2.75, 3.05) is 0 Å². The fraction of sp³-hybridized carbons (Fsp3) is 0.0833. The summed E-state index contributed by atoms with van der Waals surface area (Å²) in [5, 5.41) is 10.4. The number of halogens is 2. The Labute approximate surface area is 105 Å². The first-order chi connectivity index (χ1) is 8.56. The second-order valence-electron chi connectivity index (χ2n) is 3.49. The summed E-state index contributed by atoms with van der Waals surface area (Å²) < 4.78 is 31.1. The van der Waals surface area contributed by atoms with Crippen LogP contribution in [0.15, 0.2) is 29.6 Å². The van der Waals surface area contributed by atoms with Gasteiger partial charge in [-0.15, -0.1) is 11.3 Å². The van der Waals surface area contributed by atoms with Crippen molar-refractivity contribution >= 4 is 17.3 Å². The first-order valence-corrected chi connectivity index (χ1v) is 5.83. The number of carboxylic acid groups (broad SMARTS) is 1. The van der Waals surface area contributed by atoms with Crippen LogP contribution in [0.25, 0.3) is 0 Å². The molecule has 0 amide bonds. The fourth-order valence-electron chi connectivity index (χ4n) is 1.42. The van der Waals surface area contributed by atoms with Crippen LogP contribution >= 0.6 is 11.3 Å². The molecule has 0 aliphatic carbocycles. The van der Waals surface area contributed by atoms with Crippen LogP contribution in [0, 0.1) is 11.6 Å². The van der Waals surface area contributed by atoms with Gasteiger partial charge in [-0.2, -0.15) is 0 Å². The molecule has 1 aromatic heterocycles. The first kappa shape index (κ1) is 12.5. The lowest BCUT2D eigenvalue weighted by atomic mass is 10.2. The third kappa shape index (κ3) is 2.84. The van der Waals surface area contributed by atoms with Crippen LogP contribution in [-0.4, -0.2) is 11.1 Å². The molecule has 0 unspecified atom stereocenters. The molecule has 2 aromatic rings. The minimum Gasteiger partial charge on any atom is -0.487 e. The van der Waals surface area contributed by atoms with Gasteiger partial charge in [-0.25, -0.2) is 13.6 Å². The van der Waals surface area contributed by atoms with E-state index in [1.807, 2.05) is 0 Å². The maximum absolute atomic E-state index is 12.9. The van der Waals surface area contributed by atoms with Crippen LogP contribution in [0.2, 0.25) is 0 Å². The average Bonchev–Trinajstić information content (AvgIpc) is 2.73. The Balaban J connectivity index is 2.11. The Hall–Kier alpha value is -1.95. The lowest BCUT2D eigenvalue weighted by molar-refractivity contribution is 0.0697. The number of thiophene rings is 1. The molecule has 0 fully saturated rings. The van der Waals surface area contributed by atoms with Gasteiger partial charge in [0.15, 0.2) is 4.88 Å². The molecule has 0 saturated carbocycles. The average molecular weight is 270 g/mol. The predicted octanol–water partition coefficient (Wildman–Crippen LogP) is 3.30. The highest BCUT2D eigenvalue weighted by Gasteiger charge is 2.13. The Morgan fingerprint density at radius 2 is 1.94 bits per heavy atom. The number of ether oxygens (including phenoxy) is 1. The molecule has 3 nitrogen and oxygen atoms in total. The van der Waals surface area contributed by atoms with Gasteiger partial charge in [0.1, 0.15) is 24.0 Å². The summed E-state index contributed by atoms with van der Waals surface area (Å²) in [7, 11) is 0. The quantitative estimate of drug-likeness (QED) is 0.927. The molecule has 0 bridgehead atoms. The zero-order valence-corrected chi connectivity index (χ0v) is 9.84. The molecular formula is C12H8F2O3S. The van der Waals surface area contributed by atoms with Gasteiger partial charge in [0, 0.05) is 6.07 Å². The Bertz CT molecular complexity index is 560. The van der Waals surface area contributed by atoms with Gasteiger partial charge in [-0.05, 0) is 29.1 Å². The van der Waals surface area contributed by atoms with Crippen molar-refractivity contribution in [3.05, 3.63) is 51.7 Å². The number of rotatable bonds is 4. The number of carbonyl (C=O) groups is 1. The molecule has 0 aliphatic heterocycles. The van der Waals surface area contributed by atoms with Gasteiger partial charge >= 0.3 is 5.97 Å². The van der Waals surface area contributed by atoms with Crippen molar-refractivity contribution in [2.45, 2.75) is 6.61 Å². The second-order valence-corrected chi connectivity index (χ2v) is 4.40. The molecule has 2 rings (SSSR count). The highest BCUT2D eigenvalue weighted by Crippen LogP contribution is 2.25. The maximum Gasteiger partial charge on any atom is 0.349 e. The molecule has 94 valence electrons. The fourth-order valence-corrected chi connectivity index (χ4v) is 2.09. The first-order valence-electron chi connectivity index (χ1n) is 4.95. The van der Waals surface area contributed by atoms with E-state index in [9.17, 15) is 13.6 Å². The van der Waals surface area contributed by atoms with E-state index in [0.29, 0.717) is 5.56 Å². The SMILES string of the molecule is O=C(O)c1sccc1OCc1cc(F)cc(F)c1. The molecule has 1 heterocycles. The highest BCUT2D eigenvalue weighted by molar-refractivity contribution is 7.12. The Morgan fingerprint density at radius 1 is 1.28 bits per heavy atom. The van der Waals surface area contributed by atoms with Crippen molar-refractivity contribution < 1.29 is 23.4 Å². The Morgan fingerprint density at radius 3 is 2.56 bits per heavy atom. The van der Waals surface area contributed by atoms with E-state index in [2.05, 4.69) is 0 Å². The summed E-state index contributed by atoms with van der Waals surface area (Å²) in [5.74, 6) is -2.29. The molecular weight excluding hydrogens is 262 g/mol. The highest BCUT2D eigenvalue weighted by atomic mass is 32.1. The summed E-state index contributed by atoms with van der Waals surface area (Å²) in [4.78, 5) is 10.9. The molecule has 0 aliphatic rings. The van der Waals surface area contributed by atoms with E-state index in [4.69, 9.17) is 9.84 Å². The van der Waals surface area contributed by atoms with Gasteiger partial charge in [0.25, 0.3) is 0 Å². The summed E-state index contributed by atoms with van der Waals surface area (Å²) in [6, 6.07) is 4.53. The summed E-state index contributed by atoms with van der Waals surface area (Å²) >= 11 is 1.03. The van der Waals surface area contributed by atoms with Gasteiger partial charge in [-0.3, -0.25) is 0 Å². The zero-order valence-electron chi connectivity index (χ0n) is 9.02. The van der Waals surface area contributed by atoms with E-state index in [1.165, 1.54) is 6.07 Å². The topological polar surface area (TPSA) is 46.5 Å². The minimum absolute atomic E-state index is 0.0619. The minimum atomic E-state index is -1.09. The number of hydrogen-bond donors (Lipinski definition) is 1. The van der Waals surface area contributed by atoms with Gasteiger partial charge < -0.3 is 9.84 Å². The summed E-state index contributed by atoms with van der Waals surface area (Å²) in [6.07, 6.45) is 0. The van der Waals surface area contributed by atoms with Crippen LogP contribution in [0.1, 0.15) is 15.2 Å². The van der Waals surface area contributed by atoms with E-state index in [-0.39, 0.29) is 17.2 Å². The lowest BCUT2D eigenvalue weighted by Crippen LogP contribution is -2.00. The van der Waals surface area contributed by atoms with Crippen molar-refractivity contribution in [3.8, 4) is 5.75 Å². The summed E-state index contributed by atoms with van der Waals surface area (Å²) in [5.41, 5.74) is 0.301. The number of aromatic carboxylic acids is 1. The maximum atomic E-state index is 12.9. The lowest BCUT2D eigenvalue weighted by Gasteiger charge is -2.05. The van der Waals surface area contributed by atoms with Gasteiger partial charge in [0.05, 0.1) is 0 Å². The molecule has 1 N–H and O–H groups in total. The van der Waals surface area contributed by atoms with E-state index < -0.39 is 17.6 Å². The van der Waals surface area contributed by atoms with Crippen molar-refractivity contribution in [1.29, 1.82) is 0 Å². The molecule has 0 atom stereocenters. The van der Waals surface area contributed by atoms with Crippen molar-refractivity contribution in [1.82, 2.24) is 0 Å². The van der Waals surface area contributed by atoms with Gasteiger partial charge in [0.2, 0.25) is 0 Å². The molecule has 6 heteroatoms. The van der Waals surface area contributed by atoms with E-state index >= 15 is 0 Å². The van der Waals surface area contributed by atoms with E-state index in [1.54, 1.807) is 5.38 Å². The second kappa shape index (κ2) is 5.14. The third-order valence-corrected chi connectivity index (χ3v) is 3.02. The standard InChI is InChI=1S/C12H8F2O3S/c13-8-3-7(4-9(14)5-8)6-17-10-1-2-18-11(10)12(15)16/h1-5H,6H2,(H,15,16). The monoisotopic (exact) mass is 270 g/mol. The number of hydrogen-bond acceptors (Lipinski definition) is 3. The van der Waals surface area contributed by atoms with Crippen LogP contribution in [0.4, 0.5) is 8.78 Å². The van der Waals surface area contributed by atoms with Crippen LogP contribution in [0.3, 0.4) is 0 Å². The molecule has 18 heavy (non-hydrogen) atoms. The number of benzene rings is 1. The number of carboxylic acids is 1. The van der Waals surface area contributed by atoms with E-state index in [0.717, 1.165) is 29.5 Å². The van der Waals surface area contributed by atoms with Crippen LogP contribution in [0.5, 0.6) is 5.75 Å². The largest absolute Gasteiger partial charge is 0.487 e.